The number of nitrogens with one attached hydrogen (secondary N) is 1. The van der Waals surface area contributed by atoms with Gasteiger partial charge in [0.05, 0.1) is 32.5 Å². The van der Waals surface area contributed by atoms with Crippen LogP contribution in [0.5, 0.6) is 0 Å². The van der Waals surface area contributed by atoms with Gasteiger partial charge in [-0.2, -0.15) is 0 Å². The zero-order chi connectivity index (χ0) is 19.8. The first-order valence-electron chi connectivity index (χ1n) is 11.3. The molecular weight excluding hydrogens is 356 g/mol. The van der Waals surface area contributed by atoms with Crippen LogP contribution in [-0.2, 0) is 14.2 Å². The van der Waals surface area contributed by atoms with Crippen LogP contribution in [0.4, 0.5) is 0 Å². The van der Waals surface area contributed by atoms with Crippen LogP contribution in [-0.4, -0.2) is 99.7 Å². The maximum Gasteiger partial charge on any atom is 0.194 e. The Labute approximate surface area is 170 Å². The Morgan fingerprint density at radius 3 is 2.54 bits per heavy atom. The lowest BCUT2D eigenvalue weighted by atomic mass is 10.0. The average molecular weight is 397 g/mol. The first-order chi connectivity index (χ1) is 13.7. The molecule has 0 saturated carbocycles. The summed E-state index contributed by atoms with van der Waals surface area (Å²) in [6, 6.07) is 0.479. The summed E-state index contributed by atoms with van der Waals surface area (Å²) in [6.07, 6.45) is 3.83. The highest BCUT2D eigenvalue weighted by molar-refractivity contribution is 5.80. The Bertz CT molecular complexity index is 476. The van der Waals surface area contributed by atoms with Crippen molar-refractivity contribution in [2.24, 2.45) is 10.9 Å². The Balaban J connectivity index is 1.63. The van der Waals surface area contributed by atoms with Gasteiger partial charge in [-0.25, -0.2) is 0 Å². The molecule has 0 amide bonds. The molecule has 3 atom stereocenters. The van der Waals surface area contributed by atoms with E-state index < -0.39 is 0 Å². The average Bonchev–Trinajstić information content (AvgIpc) is 3.25. The number of hydrogen-bond acceptors (Lipinski definition) is 5. The topological polar surface area (TPSA) is 58.6 Å². The molecule has 0 aromatic carbocycles. The van der Waals surface area contributed by atoms with E-state index in [1.54, 1.807) is 0 Å². The lowest BCUT2D eigenvalue weighted by molar-refractivity contribution is -0.0817. The fraction of sp³-hybridized carbons (Fsp3) is 0.952. The minimum atomic E-state index is 0.158. The van der Waals surface area contributed by atoms with E-state index >= 15 is 0 Å². The molecule has 3 rings (SSSR count). The highest BCUT2D eigenvalue weighted by Crippen LogP contribution is 2.21. The smallest absolute Gasteiger partial charge is 0.194 e. The summed E-state index contributed by atoms with van der Waals surface area (Å²) < 4.78 is 17.4. The van der Waals surface area contributed by atoms with Gasteiger partial charge in [-0.05, 0) is 32.1 Å². The molecule has 28 heavy (non-hydrogen) atoms. The third-order valence-electron chi connectivity index (χ3n) is 5.86. The lowest BCUT2D eigenvalue weighted by Gasteiger charge is -2.38. The van der Waals surface area contributed by atoms with Crippen molar-refractivity contribution in [2.45, 2.75) is 58.3 Å². The van der Waals surface area contributed by atoms with Crippen LogP contribution in [0.15, 0.2) is 4.99 Å². The molecule has 0 spiro atoms. The van der Waals surface area contributed by atoms with Crippen molar-refractivity contribution >= 4 is 5.96 Å². The molecule has 0 bridgehead atoms. The quantitative estimate of drug-likeness (QED) is 0.521. The number of nitrogens with zero attached hydrogens (tertiary/aromatic N) is 3. The molecule has 3 aliphatic heterocycles. The van der Waals surface area contributed by atoms with E-state index in [9.17, 15) is 0 Å². The predicted molar refractivity (Wildman–Crippen MR) is 112 cm³/mol. The zero-order valence-corrected chi connectivity index (χ0v) is 18.1. The van der Waals surface area contributed by atoms with Crippen molar-refractivity contribution in [2.75, 3.05) is 65.7 Å². The van der Waals surface area contributed by atoms with E-state index in [2.05, 4.69) is 35.9 Å². The number of rotatable bonds is 7. The number of ether oxygens (including phenoxy) is 3. The van der Waals surface area contributed by atoms with E-state index in [0.29, 0.717) is 12.0 Å². The summed E-state index contributed by atoms with van der Waals surface area (Å²) in [6.45, 7) is 15.5. The van der Waals surface area contributed by atoms with Crippen LogP contribution < -0.4 is 5.32 Å². The number of morpholine rings is 2. The molecule has 3 aliphatic rings. The Morgan fingerprint density at radius 1 is 1.07 bits per heavy atom. The summed E-state index contributed by atoms with van der Waals surface area (Å²) in [4.78, 5) is 10.0. The molecule has 3 unspecified atom stereocenters. The summed E-state index contributed by atoms with van der Waals surface area (Å²) in [5.41, 5.74) is 0. The molecule has 7 nitrogen and oxygen atoms in total. The van der Waals surface area contributed by atoms with E-state index in [-0.39, 0.29) is 12.2 Å². The van der Waals surface area contributed by atoms with Gasteiger partial charge in [-0.1, -0.05) is 13.8 Å². The molecule has 0 aliphatic carbocycles. The SMILES string of the molecule is CCNC(=NCC(CC(C)C)N1CCOCC1)N1CCOC(C2CCCO2)C1. The Hall–Kier alpha value is -0.890. The van der Waals surface area contributed by atoms with Crippen LogP contribution in [0.1, 0.15) is 40.0 Å². The van der Waals surface area contributed by atoms with Crippen LogP contribution in [0.2, 0.25) is 0 Å². The molecule has 3 heterocycles. The monoisotopic (exact) mass is 396 g/mol. The van der Waals surface area contributed by atoms with E-state index in [4.69, 9.17) is 19.2 Å². The van der Waals surface area contributed by atoms with Gasteiger partial charge in [-0.15, -0.1) is 0 Å². The van der Waals surface area contributed by atoms with Crippen LogP contribution in [0.3, 0.4) is 0 Å². The van der Waals surface area contributed by atoms with Gasteiger partial charge in [0.25, 0.3) is 0 Å². The van der Waals surface area contributed by atoms with Crippen LogP contribution in [0.25, 0.3) is 0 Å². The number of aliphatic imine (C=N–C) groups is 1. The minimum absolute atomic E-state index is 0.158. The second-order valence-corrected chi connectivity index (χ2v) is 8.53. The Kier molecular flexibility index (Phi) is 8.83. The third kappa shape index (κ3) is 6.31. The normalized spacial score (nSPS) is 28.7. The summed E-state index contributed by atoms with van der Waals surface area (Å²) >= 11 is 0. The molecule has 1 N–H and O–H groups in total. The van der Waals surface area contributed by atoms with E-state index in [1.165, 1.54) is 6.42 Å². The van der Waals surface area contributed by atoms with Crippen molar-refractivity contribution in [3.8, 4) is 0 Å². The second kappa shape index (κ2) is 11.3. The maximum absolute atomic E-state index is 6.02. The van der Waals surface area contributed by atoms with Gasteiger partial charge in [-0.3, -0.25) is 9.89 Å². The maximum atomic E-state index is 6.02. The lowest BCUT2D eigenvalue weighted by Crippen LogP contribution is -2.53. The fourth-order valence-corrected chi connectivity index (χ4v) is 4.43. The van der Waals surface area contributed by atoms with Gasteiger partial charge in [0.15, 0.2) is 5.96 Å². The second-order valence-electron chi connectivity index (χ2n) is 8.53. The standard InChI is InChI=1S/C21H40N4O3/c1-4-22-21(25-9-13-28-20(16-25)19-6-5-10-27-19)23-15-18(14-17(2)3)24-7-11-26-12-8-24/h17-20H,4-16H2,1-3H3,(H,22,23). The molecule has 0 radical (unpaired) electrons. The van der Waals surface area contributed by atoms with Gasteiger partial charge in [0.2, 0.25) is 0 Å². The highest BCUT2D eigenvalue weighted by Gasteiger charge is 2.32. The Morgan fingerprint density at radius 2 is 1.86 bits per heavy atom. The third-order valence-corrected chi connectivity index (χ3v) is 5.86. The number of guanidine groups is 1. The molecular formula is C21H40N4O3. The minimum Gasteiger partial charge on any atom is -0.379 e. The van der Waals surface area contributed by atoms with Crippen molar-refractivity contribution in [3.05, 3.63) is 0 Å². The zero-order valence-electron chi connectivity index (χ0n) is 18.1. The first kappa shape index (κ1) is 21.8. The van der Waals surface area contributed by atoms with Crippen molar-refractivity contribution in [3.63, 3.8) is 0 Å². The summed E-state index contributed by atoms with van der Waals surface area (Å²) in [5, 5.41) is 3.51. The molecule has 162 valence electrons. The largest absolute Gasteiger partial charge is 0.379 e. The fourth-order valence-electron chi connectivity index (χ4n) is 4.43. The van der Waals surface area contributed by atoms with Crippen LogP contribution in [0, 0.1) is 5.92 Å². The van der Waals surface area contributed by atoms with Crippen LogP contribution >= 0.6 is 0 Å². The van der Waals surface area contributed by atoms with Crippen molar-refractivity contribution in [1.29, 1.82) is 0 Å². The van der Waals surface area contributed by atoms with Gasteiger partial charge in [0, 0.05) is 45.4 Å². The highest BCUT2D eigenvalue weighted by atomic mass is 16.5. The molecule has 7 heteroatoms. The van der Waals surface area contributed by atoms with Gasteiger partial charge >= 0.3 is 0 Å². The van der Waals surface area contributed by atoms with Gasteiger partial charge in [0.1, 0.15) is 6.10 Å². The molecule has 3 saturated heterocycles. The first-order valence-corrected chi connectivity index (χ1v) is 11.3. The number of hydrogen-bond donors (Lipinski definition) is 1. The molecule has 0 aromatic heterocycles. The van der Waals surface area contributed by atoms with E-state index in [0.717, 1.165) is 84.5 Å². The molecule has 3 fully saturated rings. The summed E-state index contributed by atoms with van der Waals surface area (Å²) in [7, 11) is 0. The van der Waals surface area contributed by atoms with Crippen molar-refractivity contribution in [1.82, 2.24) is 15.1 Å². The molecule has 0 aromatic rings. The van der Waals surface area contributed by atoms with E-state index in [1.807, 2.05) is 0 Å². The summed E-state index contributed by atoms with van der Waals surface area (Å²) in [5.74, 6) is 1.69. The van der Waals surface area contributed by atoms with Crippen molar-refractivity contribution < 1.29 is 14.2 Å². The van der Waals surface area contributed by atoms with Gasteiger partial charge < -0.3 is 24.4 Å². The predicted octanol–water partition coefficient (Wildman–Crippen LogP) is 1.58.